The van der Waals surface area contributed by atoms with Crippen LogP contribution in [0, 0.1) is 13.8 Å². The van der Waals surface area contributed by atoms with E-state index in [1.165, 1.54) is 4.31 Å². The molecule has 0 saturated heterocycles. The van der Waals surface area contributed by atoms with Crippen LogP contribution in [0.25, 0.3) is 0 Å². The van der Waals surface area contributed by atoms with Crippen molar-refractivity contribution in [1.29, 1.82) is 0 Å². The fourth-order valence-corrected chi connectivity index (χ4v) is 4.68. The molecule has 0 aliphatic heterocycles. The van der Waals surface area contributed by atoms with Crippen LogP contribution in [0.15, 0.2) is 64.0 Å². The lowest BCUT2D eigenvalue weighted by Crippen LogP contribution is -2.33. The van der Waals surface area contributed by atoms with Crippen molar-refractivity contribution in [3.05, 3.63) is 66.1 Å². The highest BCUT2D eigenvalue weighted by atomic mass is 32.2. The summed E-state index contributed by atoms with van der Waals surface area (Å²) in [7, 11) is -3.84. The maximum atomic E-state index is 13.3. The van der Waals surface area contributed by atoms with Crippen LogP contribution >= 0.6 is 0 Å². The number of aryl methyl sites for hydroxylation is 2. The molecule has 148 valence electrons. The molecule has 0 amide bonds. The Kier molecular flexibility index (Phi) is 6.01. The second kappa shape index (κ2) is 8.45. The van der Waals surface area contributed by atoms with Gasteiger partial charge in [0.2, 0.25) is 0 Å². The molecule has 2 N–H and O–H groups in total. The van der Waals surface area contributed by atoms with Crippen molar-refractivity contribution in [2.75, 3.05) is 17.4 Å². The molecule has 0 bridgehead atoms. The molecule has 0 aliphatic carbocycles. The van der Waals surface area contributed by atoms with Gasteiger partial charge in [-0.2, -0.15) is 0 Å². The number of nitrogens with zero attached hydrogens (tertiary/aromatic N) is 2. The topological polar surface area (TPSA) is 98.7 Å². The van der Waals surface area contributed by atoms with E-state index in [0.29, 0.717) is 35.8 Å². The lowest BCUT2D eigenvalue weighted by molar-refractivity contribution is 0.390. The standard InChI is InChI=1S/C20H23N3O4S/c1-15-20(16(2)27-22-15)28(24,25)23(14-6-13-21)17-9-11-19(12-10-17)26-18-7-4-3-5-8-18/h3-5,7-12H,6,13-14,21H2,1-2H3. The first-order valence-electron chi connectivity index (χ1n) is 8.92. The lowest BCUT2D eigenvalue weighted by atomic mass is 10.3. The van der Waals surface area contributed by atoms with Gasteiger partial charge in [-0.25, -0.2) is 8.42 Å². The third kappa shape index (κ3) is 4.18. The predicted molar refractivity (Wildman–Crippen MR) is 107 cm³/mol. The van der Waals surface area contributed by atoms with E-state index in [-0.39, 0.29) is 17.2 Å². The SMILES string of the molecule is Cc1noc(C)c1S(=O)(=O)N(CCCN)c1ccc(Oc2ccccc2)cc1. The van der Waals surface area contributed by atoms with Crippen molar-refractivity contribution in [3.63, 3.8) is 0 Å². The summed E-state index contributed by atoms with van der Waals surface area (Å²) in [5, 5.41) is 3.77. The Morgan fingerprint density at radius 1 is 1.04 bits per heavy atom. The van der Waals surface area contributed by atoms with E-state index in [1.807, 2.05) is 30.3 Å². The summed E-state index contributed by atoms with van der Waals surface area (Å²) in [4.78, 5) is 0.0918. The van der Waals surface area contributed by atoms with Crippen molar-refractivity contribution < 1.29 is 17.7 Å². The Bertz CT molecular complexity index is 996. The van der Waals surface area contributed by atoms with Crippen molar-refractivity contribution in [2.45, 2.75) is 25.2 Å². The molecule has 28 heavy (non-hydrogen) atoms. The van der Waals surface area contributed by atoms with Gasteiger partial charge in [0.15, 0.2) is 10.7 Å². The molecule has 0 atom stereocenters. The number of anilines is 1. The zero-order chi connectivity index (χ0) is 20.1. The minimum atomic E-state index is -3.84. The third-order valence-corrected chi connectivity index (χ3v) is 6.26. The van der Waals surface area contributed by atoms with Gasteiger partial charge in [0.05, 0.1) is 5.69 Å². The minimum Gasteiger partial charge on any atom is -0.457 e. The van der Waals surface area contributed by atoms with Gasteiger partial charge in [0.1, 0.15) is 17.2 Å². The van der Waals surface area contributed by atoms with E-state index >= 15 is 0 Å². The summed E-state index contributed by atoms with van der Waals surface area (Å²) >= 11 is 0. The van der Waals surface area contributed by atoms with E-state index in [4.69, 9.17) is 15.0 Å². The molecule has 7 nitrogen and oxygen atoms in total. The Hall–Kier alpha value is -2.84. The second-order valence-corrected chi connectivity index (χ2v) is 8.08. The van der Waals surface area contributed by atoms with Crippen LogP contribution in [0.3, 0.4) is 0 Å². The largest absolute Gasteiger partial charge is 0.457 e. The third-order valence-electron chi connectivity index (χ3n) is 4.18. The number of aromatic nitrogens is 1. The van der Waals surface area contributed by atoms with Crippen LogP contribution in [0.5, 0.6) is 11.5 Å². The maximum absolute atomic E-state index is 13.3. The normalized spacial score (nSPS) is 11.4. The molecule has 0 spiro atoms. The molecule has 0 aliphatic rings. The van der Waals surface area contributed by atoms with Crippen molar-refractivity contribution in [1.82, 2.24) is 5.16 Å². The summed E-state index contributed by atoms with van der Waals surface area (Å²) in [6.07, 6.45) is 0.519. The fourth-order valence-electron chi connectivity index (χ4n) is 2.88. The first kappa shape index (κ1) is 19.9. The average molecular weight is 401 g/mol. The fraction of sp³-hybridized carbons (Fsp3) is 0.250. The van der Waals surface area contributed by atoms with Gasteiger partial charge >= 0.3 is 0 Å². The van der Waals surface area contributed by atoms with Crippen LogP contribution in [0.4, 0.5) is 5.69 Å². The lowest BCUT2D eigenvalue weighted by Gasteiger charge is -2.24. The molecule has 1 heterocycles. The van der Waals surface area contributed by atoms with Crippen LogP contribution in [0.2, 0.25) is 0 Å². The first-order valence-corrected chi connectivity index (χ1v) is 10.4. The summed E-state index contributed by atoms with van der Waals surface area (Å²) in [6.45, 7) is 3.83. The van der Waals surface area contributed by atoms with Gasteiger partial charge in [0.25, 0.3) is 10.0 Å². The van der Waals surface area contributed by atoms with Crippen LogP contribution in [0.1, 0.15) is 17.9 Å². The minimum absolute atomic E-state index is 0.0918. The van der Waals surface area contributed by atoms with Crippen molar-refractivity contribution in [3.8, 4) is 11.5 Å². The van der Waals surface area contributed by atoms with Gasteiger partial charge in [0, 0.05) is 6.54 Å². The highest BCUT2D eigenvalue weighted by Gasteiger charge is 2.31. The predicted octanol–water partition coefficient (Wildman–Crippen LogP) is 3.63. The summed E-state index contributed by atoms with van der Waals surface area (Å²) in [5.41, 5.74) is 6.47. The van der Waals surface area contributed by atoms with Crippen LogP contribution in [-0.2, 0) is 10.0 Å². The van der Waals surface area contributed by atoms with Crippen LogP contribution in [-0.4, -0.2) is 26.7 Å². The van der Waals surface area contributed by atoms with Crippen molar-refractivity contribution >= 4 is 15.7 Å². The molecule has 0 saturated carbocycles. The zero-order valence-corrected chi connectivity index (χ0v) is 16.6. The average Bonchev–Trinajstić information content (AvgIpc) is 3.03. The summed E-state index contributed by atoms with van der Waals surface area (Å²) in [6, 6.07) is 16.3. The second-order valence-electron chi connectivity index (χ2n) is 6.28. The number of hydrogen-bond donors (Lipinski definition) is 1. The molecule has 8 heteroatoms. The number of ether oxygens (including phenoxy) is 1. The molecule has 0 fully saturated rings. The van der Waals surface area contributed by atoms with E-state index in [1.54, 1.807) is 38.1 Å². The molecule has 0 unspecified atom stereocenters. The smallest absolute Gasteiger partial charge is 0.269 e. The molecule has 3 aromatic rings. The van der Waals surface area contributed by atoms with Crippen LogP contribution < -0.4 is 14.8 Å². The highest BCUT2D eigenvalue weighted by molar-refractivity contribution is 7.93. The van der Waals surface area contributed by atoms with E-state index in [9.17, 15) is 8.42 Å². The quantitative estimate of drug-likeness (QED) is 0.619. The van der Waals surface area contributed by atoms with Gasteiger partial charge in [-0.3, -0.25) is 4.31 Å². The number of hydrogen-bond acceptors (Lipinski definition) is 6. The van der Waals surface area contributed by atoms with Crippen molar-refractivity contribution in [2.24, 2.45) is 5.73 Å². The van der Waals surface area contributed by atoms with Gasteiger partial charge in [-0.15, -0.1) is 0 Å². The zero-order valence-electron chi connectivity index (χ0n) is 15.8. The Morgan fingerprint density at radius 3 is 2.25 bits per heavy atom. The van der Waals surface area contributed by atoms with E-state index in [0.717, 1.165) is 0 Å². The number of rotatable bonds is 8. The molecule has 3 rings (SSSR count). The number of sulfonamides is 1. The van der Waals surface area contributed by atoms with Gasteiger partial charge in [-0.05, 0) is 63.2 Å². The number of benzene rings is 2. The van der Waals surface area contributed by atoms with E-state index < -0.39 is 10.0 Å². The Balaban J connectivity index is 1.91. The Labute approximate surface area is 164 Å². The highest BCUT2D eigenvalue weighted by Crippen LogP contribution is 2.30. The Morgan fingerprint density at radius 2 is 1.68 bits per heavy atom. The molecule has 2 aromatic carbocycles. The van der Waals surface area contributed by atoms with Gasteiger partial charge < -0.3 is 15.0 Å². The monoisotopic (exact) mass is 401 g/mol. The molecule has 0 radical (unpaired) electrons. The maximum Gasteiger partial charge on any atom is 0.269 e. The summed E-state index contributed by atoms with van der Waals surface area (Å²) in [5.74, 6) is 1.58. The summed E-state index contributed by atoms with van der Waals surface area (Å²) < 4.78 is 38.7. The van der Waals surface area contributed by atoms with Gasteiger partial charge in [-0.1, -0.05) is 23.4 Å². The number of para-hydroxylation sites is 1. The number of nitrogens with two attached hydrogens (primary N) is 1. The van der Waals surface area contributed by atoms with E-state index in [2.05, 4.69) is 5.16 Å². The molecular weight excluding hydrogens is 378 g/mol. The molecular formula is C20H23N3O4S. The first-order chi connectivity index (χ1) is 13.4. The molecule has 1 aromatic heterocycles.